The van der Waals surface area contributed by atoms with Crippen LogP contribution in [0.4, 0.5) is 0 Å². The number of thioether (sulfide) groups is 1. The molecule has 15 heavy (non-hydrogen) atoms. The van der Waals surface area contributed by atoms with Crippen LogP contribution in [0.5, 0.6) is 0 Å². The SMILES string of the molecule is CSCC1CCCC=C1c1ccccc1. The zero-order valence-corrected chi connectivity index (χ0v) is 10.1. The van der Waals surface area contributed by atoms with Crippen molar-refractivity contribution >= 4 is 17.3 Å². The summed E-state index contributed by atoms with van der Waals surface area (Å²) in [5, 5.41) is 0. The minimum Gasteiger partial charge on any atom is -0.165 e. The second-order valence-corrected chi connectivity index (χ2v) is 5.02. The van der Waals surface area contributed by atoms with Crippen molar-refractivity contribution in [2.75, 3.05) is 12.0 Å². The van der Waals surface area contributed by atoms with Crippen molar-refractivity contribution in [3.8, 4) is 0 Å². The Morgan fingerprint density at radius 1 is 1.27 bits per heavy atom. The predicted octanol–water partition coefficient (Wildman–Crippen LogP) is 4.23. The van der Waals surface area contributed by atoms with Gasteiger partial charge in [0.15, 0.2) is 0 Å². The Balaban J connectivity index is 2.21. The van der Waals surface area contributed by atoms with Crippen LogP contribution in [0.1, 0.15) is 24.8 Å². The van der Waals surface area contributed by atoms with E-state index in [9.17, 15) is 0 Å². The van der Waals surface area contributed by atoms with Crippen molar-refractivity contribution in [1.82, 2.24) is 0 Å². The molecule has 0 radical (unpaired) electrons. The lowest BCUT2D eigenvalue weighted by atomic mass is 9.85. The summed E-state index contributed by atoms with van der Waals surface area (Å²) < 4.78 is 0. The third-order valence-electron chi connectivity index (χ3n) is 3.04. The Morgan fingerprint density at radius 3 is 2.80 bits per heavy atom. The van der Waals surface area contributed by atoms with E-state index < -0.39 is 0 Å². The summed E-state index contributed by atoms with van der Waals surface area (Å²) in [5.74, 6) is 2.04. The van der Waals surface area contributed by atoms with Crippen molar-refractivity contribution in [2.45, 2.75) is 19.3 Å². The molecule has 0 saturated heterocycles. The Morgan fingerprint density at radius 2 is 2.07 bits per heavy atom. The van der Waals surface area contributed by atoms with Gasteiger partial charge in [0, 0.05) is 0 Å². The van der Waals surface area contributed by atoms with Gasteiger partial charge in [-0.1, -0.05) is 36.4 Å². The molecule has 1 aliphatic carbocycles. The van der Waals surface area contributed by atoms with Gasteiger partial charge < -0.3 is 0 Å². The Kier molecular flexibility index (Phi) is 3.90. The molecule has 80 valence electrons. The second-order valence-electron chi connectivity index (χ2n) is 4.11. The molecule has 0 aromatic heterocycles. The van der Waals surface area contributed by atoms with E-state index in [4.69, 9.17) is 0 Å². The van der Waals surface area contributed by atoms with E-state index in [1.165, 1.54) is 30.6 Å². The van der Waals surface area contributed by atoms with Crippen LogP contribution in [0.3, 0.4) is 0 Å². The molecule has 0 amide bonds. The van der Waals surface area contributed by atoms with E-state index in [-0.39, 0.29) is 0 Å². The Bertz CT molecular complexity index is 326. The van der Waals surface area contributed by atoms with Crippen LogP contribution in [-0.4, -0.2) is 12.0 Å². The molecule has 1 aliphatic rings. The van der Waals surface area contributed by atoms with E-state index in [0.29, 0.717) is 0 Å². The van der Waals surface area contributed by atoms with Crippen LogP contribution >= 0.6 is 11.8 Å². The quantitative estimate of drug-likeness (QED) is 0.731. The van der Waals surface area contributed by atoms with Crippen molar-refractivity contribution < 1.29 is 0 Å². The molecule has 1 atom stereocenters. The van der Waals surface area contributed by atoms with Crippen LogP contribution in [0, 0.1) is 5.92 Å². The smallest absolute Gasteiger partial charge is 0.000120 e. The molecule has 0 bridgehead atoms. The first kappa shape index (κ1) is 10.8. The van der Waals surface area contributed by atoms with Gasteiger partial charge in [-0.3, -0.25) is 0 Å². The first-order valence-corrected chi connectivity index (χ1v) is 7.05. The monoisotopic (exact) mass is 218 g/mol. The summed E-state index contributed by atoms with van der Waals surface area (Å²) in [6.45, 7) is 0. The average Bonchev–Trinajstić information content (AvgIpc) is 2.31. The summed E-state index contributed by atoms with van der Waals surface area (Å²) in [6, 6.07) is 10.9. The molecule has 2 rings (SSSR count). The van der Waals surface area contributed by atoms with Crippen molar-refractivity contribution in [3.05, 3.63) is 42.0 Å². The number of allylic oxidation sites excluding steroid dienone is 2. The first-order valence-electron chi connectivity index (χ1n) is 5.66. The third-order valence-corrected chi connectivity index (χ3v) is 3.77. The first-order chi connectivity index (χ1) is 7.42. The molecule has 1 unspecified atom stereocenters. The Labute approximate surface area is 96.8 Å². The molecular formula is C14H18S. The van der Waals surface area contributed by atoms with Gasteiger partial charge in [0.05, 0.1) is 0 Å². The van der Waals surface area contributed by atoms with Gasteiger partial charge >= 0.3 is 0 Å². The van der Waals surface area contributed by atoms with Crippen LogP contribution in [0.15, 0.2) is 36.4 Å². The highest BCUT2D eigenvalue weighted by Crippen LogP contribution is 2.34. The van der Waals surface area contributed by atoms with Crippen molar-refractivity contribution in [1.29, 1.82) is 0 Å². The minimum atomic E-state index is 0.774. The molecule has 0 nitrogen and oxygen atoms in total. The number of rotatable bonds is 3. The summed E-state index contributed by atoms with van der Waals surface area (Å²) in [5.41, 5.74) is 3.01. The van der Waals surface area contributed by atoms with Gasteiger partial charge in [-0.15, -0.1) is 0 Å². The van der Waals surface area contributed by atoms with E-state index in [0.717, 1.165) is 5.92 Å². The third kappa shape index (κ3) is 2.66. The molecule has 0 aliphatic heterocycles. The van der Waals surface area contributed by atoms with E-state index in [2.05, 4.69) is 42.7 Å². The maximum absolute atomic E-state index is 2.44. The van der Waals surface area contributed by atoms with Crippen LogP contribution < -0.4 is 0 Å². The molecule has 0 saturated carbocycles. The molecule has 0 spiro atoms. The average molecular weight is 218 g/mol. The van der Waals surface area contributed by atoms with Gasteiger partial charge in [0.1, 0.15) is 0 Å². The van der Waals surface area contributed by atoms with E-state index in [1.54, 1.807) is 5.57 Å². The summed E-state index contributed by atoms with van der Waals surface area (Å²) in [7, 11) is 0. The summed E-state index contributed by atoms with van der Waals surface area (Å²) in [6.07, 6.45) is 8.63. The number of benzene rings is 1. The highest BCUT2D eigenvalue weighted by Gasteiger charge is 2.17. The van der Waals surface area contributed by atoms with Gasteiger partial charge in [-0.2, -0.15) is 11.8 Å². The zero-order chi connectivity index (χ0) is 10.5. The lowest BCUT2D eigenvalue weighted by Gasteiger charge is -2.24. The fourth-order valence-corrected chi connectivity index (χ4v) is 3.05. The highest BCUT2D eigenvalue weighted by atomic mass is 32.2. The number of hydrogen-bond acceptors (Lipinski definition) is 1. The molecule has 0 N–H and O–H groups in total. The van der Waals surface area contributed by atoms with Crippen molar-refractivity contribution in [3.63, 3.8) is 0 Å². The fourth-order valence-electron chi connectivity index (χ4n) is 2.30. The largest absolute Gasteiger partial charge is 0.165 e. The topological polar surface area (TPSA) is 0 Å². The molecule has 1 heteroatoms. The predicted molar refractivity (Wildman–Crippen MR) is 70.1 cm³/mol. The van der Waals surface area contributed by atoms with Gasteiger partial charge in [-0.25, -0.2) is 0 Å². The maximum atomic E-state index is 2.44. The van der Waals surface area contributed by atoms with E-state index in [1.807, 2.05) is 11.8 Å². The molecule has 0 heterocycles. The fraction of sp³-hybridized carbons (Fsp3) is 0.429. The van der Waals surface area contributed by atoms with Gasteiger partial charge in [0.2, 0.25) is 0 Å². The summed E-state index contributed by atoms with van der Waals surface area (Å²) >= 11 is 1.97. The van der Waals surface area contributed by atoms with Crippen molar-refractivity contribution in [2.24, 2.45) is 5.92 Å². The van der Waals surface area contributed by atoms with Crippen LogP contribution in [-0.2, 0) is 0 Å². The highest BCUT2D eigenvalue weighted by molar-refractivity contribution is 7.98. The standard InChI is InChI=1S/C14H18S/c1-15-11-13-9-5-6-10-14(13)12-7-3-2-4-8-12/h2-4,7-8,10,13H,5-6,9,11H2,1H3. The number of hydrogen-bond donors (Lipinski definition) is 0. The normalized spacial score (nSPS) is 21.1. The molecule has 1 aromatic carbocycles. The molecule has 0 fully saturated rings. The zero-order valence-electron chi connectivity index (χ0n) is 9.28. The summed E-state index contributed by atoms with van der Waals surface area (Å²) in [4.78, 5) is 0. The van der Waals surface area contributed by atoms with Crippen LogP contribution in [0.2, 0.25) is 0 Å². The van der Waals surface area contributed by atoms with Crippen LogP contribution in [0.25, 0.3) is 5.57 Å². The second kappa shape index (κ2) is 5.41. The van der Waals surface area contributed by atoms with Gasteiger partial charge in [-0.05, 0) is 48.3 Å². The van der Waals surface area contributed by atoms with E-state index >= 15 is 0 Å². The maximum Gasteiger partial charge on any atom is -0.000120 e. The lowest BCUT2D eigenvalue weighted by molar-refractivity contribution is 0.609. The molecule has 1 aromatic rings. The van der Waals surface area contributed by atoms with Gasteiger partial charge in [0.25, 0.3) is 0 Å². The molecular weight excluding hydrogens is 200 g/mol. The minimum absolute atomic E-state index is 0.774. The lowest BCUT2D eigenvalue weighted by Crippen LogP contribution is -2.10. The Hall–Kier alpha value is -0.690.